The summed E-state index contributed by atoms with van der Waals surface area (Å²) in [5, 5.41) is 7.07. The Morgan fingerprint density at radius 2 is 1.90 bits per heavy atom. The number of carbonyl (C=O) groups is 1. The number of nitrogens with one attached hydrogen (secondary N) is 1. The molecule has 106 valence electrons. The third kappa shape index (κ3) is 4.79. The number of aryl methyl sites for hydroxylation is 1. The highest BCUT2D eigenvalue weighted by Gasteiger charge is 2.03. The van der Waals surface area contributed by atoms with Gasteiger partial charge in [-0.2, -0.15) is 11.3 Å². The molecule has 2 aromatic rings. The first-order valence-corrected chi connectivity index (χ1v) is 7.57. The average molecular weight is 289 g/mol. The number of methoxy groups -OCH3 is 1. The lowest BCUT2D eigenvalue weighted by Gasteiger charge is -2.06. The van der Waals surface area contributed by atoms with Crippen LogP contribution >= 0.6 is 11.3 Å². The zero-order valence-corrected chi connectivity index (χ0v) is 12.4. The zero-order chi connectivity index (χ0) is 14.2. The van der Waals surface area contributed by atoms with Crippen LogP contribution in [0.5, 0.6) is 0 Å². The third-order valence-electron chi connectivity index (χ3n) is 3.04. The van der Waals surface area contributed by atoms with Gasteiger partial charge in [-0.05, 0) is 39.9 Å². The summed E-state index contributed by atoms with van der Waals surface area (Å²) in [5.74, 6) is 0.0946. The van der Waals surface area contributed by atoms with Gasteiger partial charge >= 0.3 is 0 Å². The molecule has 0 fully saturated rings. The summed E-state index contributed by atoms with van der Waals surface area (Å²) in [6, 6.07) is 10.2. The van der Waals surface area contributed by atoms with Gasteiger partial charge in [-0.1, -0.05) is 24.3 Å². The average Bonchev–Trinajstić information content (AvgIpc) is 2.98. The van der Waals surface area contributed by atoms with Gasteiger partial charge in [0, 0.05) is 20.1 Å². The van der Waals surface area contributed by atoms with E-state index in [2.05, 4.69) is 16.8 Å². The molecule has 0 aliphatic heterocycles. The number of thiophene rings is 1. The smallest absolute Gasteiger partial charge is 0.220 e. The number of hydrogen-bond donors (Lipinski definition) is 1. The standard InChI is InChI=1S/C16H19NO2S/c1-19-11-14-4-2-13(3-5-14)10-17-16(18)7-6-15-8-9-20-12-15/h2-5,8-9,12H,6-7,10-11H2,1H3,(H,17,18). The van der Waals surface area contributed by atoms with E-state index >= 15 is 0 Å². The van der Waals surface area contributed by atoms with Gasteiger partial charge in [-0.3, -0.25) is 4.79 Å². The first kappa shape index (κ1) is 14.8. The maximum atomic E-state index is 11.8. The molecule has 0 unspecified atom stereocenters. The van der Waals surface area contributed by atoms with Crippen molar-refractivity contribution in [3.63, 3.8) is 0 Å². The molecule has 0 aliphatic carbocycles. The van der Waals surface area contributed by atoms with E-state index in [0.29, 0.717) is 19.6 Å². The highest BCUT2D eigenvalue weighted by Crippen LogP contribution is 2.09. The topological polar surface area (TPSA) is 38.3 Å². The molecule has 1 aromatic heterocycles. The van der Waals surface area contributed by atoms with Crippen molar-refractivity contribution in [3.8, 4) is 0 Å². The van der Waals surface area contributed by atoms with Crippen LogP contribution in [0.25, 0.3) is 0 Å². The van der Waals surface area contributed by atoms with Crippen LogP contribution in [0.4, 0.5) is 0 Å². The van der Waals surface area contributed by atoms with Gasteiger partial charge in [-0.15, -0.1) is 0 Å². The van der Waals surface area contributed by atoms with Gasteiger partial charge in [-0.25, -0.2) is 0 Å². The van der Waals surface area contributed by atoms with Gasteiger partial charge < -0.3 is 10.1 Å². The molecular formula is C16H19NO2S. The van der Waals surface area contributed by atoms with Crippen molar-refractivity contribution >= 4 is 17.2 Å². The maximum absolute atomic E-state index is 11.8. The van der Waals surface area contributed by atoms with Crippen molar-refractivity contribution in [2.75, 3.05) is 7.11 Å². The monoisotopic (exact) mass is 289 g/mol. The van der Waals surface area contributed by atoms with Crippen LogP contribution in [-0.4, -0.2) is 13.0 Å². The summed E-state index contributed by atoms with van der Waals surface area (Å²) in [4.78, 5) is 11.8. The molecule has 2 rings (SSSR count). The van der Waals surface area contributed by atoms with Gasteiger partial charge in [0.25, 0.3) is 0 Å². The Balaban J connectivity index is 1.72. The molecule has 1 amide bonds. The predicted molar refractivity (Wildman–Crippen MR) is 81.6 cm³/mol. The number of ether oxygens (including phenoxy) is 1. The minimum Gasteiger partial charge on any atom is -0.380 e. The third-order valence-corrected chi connectivity index (χ3v) is 3.78. The highest BCUT2D eigenvalue weighted by atomic mass is 32.1. The Labute approximate surface area is 123 Å². The van der Waals surface area contributed by atoms with Crippen molar-refractivity contribution < 1.29 is 9.53 Å². The summed E-state index contributed by atoms with van der Waals surface area (Å²) in [5.41, 5.74) is 3.47. The van der Waals surface area contributed by atoms with Gasteiger partial charge in [0.1, 0.15) is 0 Å². The van der Waals surface area contributed by atoms with E-state index in [0.717, 1.165) is 17.5 Å². The zero-order valence-electron chi connectivity index (χ0n) is 11.6. The van der Waals surface area contributed by atoms with Crippen LogP contribution in [0.1, 0.15) is 23.1 Å². The van der Waals surface area contributed by atoms with Crippen molar-refractivity contribution in [1.29, 1.82) is 0 Å². The van der Waals surface area contributed by atoms with Gasteiger partial charge in [0.2, 0.25) is 5.91 Å². The fourth-order valence-corrected chi connectivity index (χ4v) is 2.60. The minimum absolute atomic E-state index is 0.0946. The highest BCUT2D eigenvalue weighted by molar-refractivity contribution is 7.07. The van der Waals surface area contributed by atoms with Crippen LogP contribution in [0.15, 0.2) is 41.1 Å². The summed E-state index contributed by atoms with van der Waals surface area (Å²) in [7, 11) is 1.68. The Kier molecular flexibility index (Phi) is 5.77. The first-order valence-electron chi connectivity index (χ1n) is 6.62. The molecule has 3 nitrogen and oxygen atoms in total. The normalized spacial score (nSPS) is 10.4. The minimum atomic E-state index is 0.0946. The Bertz CT molecular complexity index is 520. The van der Waals surface area contributed by atoms with Crippen LogP contribution in [0.2, 0.25) is 0 Å². The number of hydrogen-bond acceptors (Lipinski definition) is 3. The Morgan fingerprint density at radius 1 is 1.15 bits per heavy atom. The molecule has 20 heavy (non-hydrogen) atoms. The molecule has 1 N–H and O–H groups in total. The SMILES string of the molecule is COCc1ccc(CNC(=O)CCc2ccsc2)cc1. The molecular weight excluding hydrogens is 270 g/mol. The van der Waals surface area contributed by atoms with E-state index in [1.807, 2.05) is 29.6 Å². The number of carbonyl (C=O) groups excluding carboxylic acids is 1. The van der Waals surface area contributed by atoms with Gasteiger partial charge in [0.05, 0.1) is 6.61 Å². The van der Waals surface area contributed by atoms with E-state index in [1.54, 1.807) is 18.4 Å². The fourth-order valence-electron chi connectivity index (χ4n) is 1.90. The largest absolute Gasteiger partial charge is 0.380 e. The predicted octanol–water partition coefficient (Wildman–Crippen LogP) is 3.14. The summed E-state index contributed by atoms with van der Waals surface area (Å²) in [6.45, 7) is 1.20. The summed E-state index contributed by atoms with van der Waals surface area (Å²) >= 11 is 1.66. The molecule has 0 radical (unpaired) electrons. The van der Waals surface area contributed by atoms with Crippen molar-refractivity contribution in [1.82, 2.24) is 5.32 Å². The van der Waals surface area contributed by atoms with Crippen molar-refractivity contribution in [3.05, 3.63) is 57.8 Å². The lowest BCUT2D eigenvalue weighted by molar-refractivity contribution is -0.121. The van der Waals surface area contributed by atoms with Crippen LogP contribution in [-0.2, 0) is 29.1 Å². The molecule has 0 spiro atoms. The number of amides is 1. The molecule has 1 heterocycles. The molecule has 0 aliphatic rings. The van der Waals surface area contributed by atoms with E-state index in [9.17, 15) is 4.79 Å². The molecule has 0 bridgehead atoms. The lowest BCUT2D eigenvalue weighted by Crippen LogP contribution is -2.22. The summed E-state index contributed by atoms with van der Waals surface area (Å²) in [6.07, 6.45) is 1.35. The number of rotatable bonds is 7. The molecule has 0 saturated heterocycles. The molecule has 0 atom stereocenters. The first-order chi connectivity index (χ1) is 9.78. The van der Waals surface area contributed by atoms with Crippen LogP contribution in [0, 0.1) is 0 Å². The van der Waals surface area contributed by atoms with E-state index in [-0.39, 0.29) is 5.91 Å². The second-order valence-corrected chi connectivity index (χ2v) is 5.44. The fraction of sp³-hybridized carbons (Fsp3) is 0.312. The Morgan fingerprint density at radius 3 is 2.55 bits per heavy atom. The second kappa shape index (κ2) is 7.82. The molecule has 1 aromatic carbocycles. The van der Waals surface area contributed by atoms with Crippen molar-refractivity contribution in [2.45, 2.75) is 26.0 Å². The second-order valence-electron chi connectivity index (χ2n) is 4.66. The Hall–Kier alpha value is -1.65. The van der Waals surface area contributed by atoms with Crippen LogP contribution in [0.3, 0.4) is 0 Å². The maximum Gasteiger partial charge on any atom is 0.220 e. The van der Waals surface area contributed by atoms with Crippen molar-refractivity contribution in [2.24, 2.45) is 0 Å². The van der Waals surface area contributed by atoms with E-state index < -0.39 is 0 Å². The lowest BCUT2D eigenvalue weighted by atomic mass is 10.1. The quantitative estimate of drug-likeness (QED) is 0.850. The molecule has 0 saturated carbocycles. The van der Waals surface area contributed by atoms with E-state index in [1.165, 1.54) is 5.56 Å². The van der Waals surface area contributed by atoms with Crippen LogP contribution < -0.4 is 5.32 Å². The summed E-state index contributed by atoms with van der Waals surface area (Å²) < 4.78 is 5.06. The number of benzene rings is 1. The van der Waals surface area contributed by atoms with Gasteiger partial charge in [0.15, 0.2) is 0 Å². The molecule has 4 heteroatoms. The van der Waals surface area contributed by atoms with E-state index in [4.69, 9.17) is 4.74 Å².